The van der Waals surface area contributed by atoms with Crippen LogP contribution >= 0.6 is 0 Å². The number of carbonyl (C=O) groups is 1. The van der Waals surface area contributed by atoms with E-state index in [-0.39, 0.29) is 18.0 Å². The third kappa shape index (κ3) is 5.14. The van der Waals surface area contributed by atoms with E-state index in [2.05, 4.69) is 41.4 Å². The van der Waals surface area contributed by atoms with E-state index in [1.165, 1.54) is 5.56 Å². The van der Waals surface area contributed by atoms with Crippen LogP contribution in [-0.4, -0.2) is 36.0 Å². The molecule has 1 unspecified atom stereocenters. The third-order valence-electron chi connectivity index (χ3n) is 4.07. The van der Waals surface area contributed by atoms with Crippen LogP contribution in [0.4, 0.5) is 0 Å². The maximum atomic E-state index is 12.0. The molecule has 2 atom stereocenters. The molecule has 3 N–H and O–H groups in total. The smallest absolute Gasteiger partial charge is 0.237 e. The lowest BCUT2D eigenvalue weighted by Gasteiger charge is -2.18. The number of unbranched alkanes of at least 4 members (excludes halogenated alkanes) is 1. The number of nitrogens with zero attached hydrogens (tertiary/aromatic N) is 1. The van der Waals surface area contributed by atoms with Crippen molar-refractivity contribution in [1.29, 1.82) is 0 Å². The molecule has 4 nitrogen and oxygen atoms in total. The highest BCUT2D eigenvalue weighted by Gasteiger charge is 2.25. The summed E-state index contributed by atoms with van der Waals surface area (Å²) >= 11 is 0. The van der Waals surface area contributed by atoms with Crippen molar-refractivity contribution in [2.75, 3.05) is 13.1 Å². The van der Waals surface area contributed by atoms with E-state index < -0.39 is 0 Å². The van der Waals surface area contributed by atoms with E-state index in [0.29, 0.717) is 0 Å². The monoisotopic (exact) mass is 289 g/mol. The number of nitrogens with two attached hydrogens (primary N) is 1. The molecule has 1 aromatic carbocycles. The van der Waals surface area contributed by atoms with Crippen LogP contribution in [0.25, 0.3) is 0 Å². The maximum absolute atomic E-state index is 12.0. The molecule has 0 aromatic heterocycles. The predicted octanol–water partition coefficient (Wildman–Crippen LogP) is 1.89. The molecule has 0 radical (unpaired) electrons. The van der Waals surface area contributed by atoms with Gasteiger partial charge in [-0.3, -0.25) is 9.69 Å². The van der Waals surface area contributed by atoms with Crippen LogP contribution in [0, 0.1) is 0 Å². The Morgan fingerprint density at radius 3 is 2.90 bits per heavy atom. The molecule has 116 valence electrons. The first kappa shape index (κ1) is 16.0. The van der Waals surface area contributed by atoms with Gasteiger partial charge in [0, 0.05) is 25.7 Å². The van der Waals surface area contributed by atoms with Gasteiger partial charge in [-0.1, -0.05) is 50.1 Å². The fraction of sp³-hybridized carbons (Fsp3) is 0.588. The summed E-state index contributed by atoms with van der Waals surface area (Å²) in [6.45, 7) is 5.02. The molecule has 1 aliphatic heterocycles. The average molecular weight is 289 g/mol. The topological polar surface area (TPSA) is 58.4 Å². The molecular formula is C17H27N3O. The molecule has 0 saturated carbocycles. The van der Waals surface area contributed by atoms with E-state index in [1.807, 2.05) is 6.07 Å². The molecule has 0 aliphatic carbocycles. The van der Waals surface area contributed by atoms with Crippen LogP contribution in [0.2, 0.25) is 0 Å². The first-order valence-corrected chi connectivity index (χ1v) is 8.01. The van der Waals surface area contributed by atoms with Gasteiger partial charge in [-0.05, 0) is 18.4 Å². The number of hydrogen-bond donors (Lipinski definition) is 2. The number of carbonyl (C=O) groups excluding carboxylic acids is 1. The minimum Gasteiger partial charge on any atom is -0.351 e. The first-order chi connectivity index (χ1) is 10.2. The molecule has 1 saturated heterocycles. The lowest BCUT2D eigenvalue weighted by atomic mass is 10.1. The van der Waals surface area contributed by atoms with E-state index in [1.54, 1.807) is 0 Å². The summed E-state index contributed by atoms with van der Waals surface area (Å²) in [6.07, 6.45) is 3.89. The van der Waals surface area contributed by atoms with Gasteiger partial charge in [0.25, 0.3) is 0 Å². The number of amides is 1. The molecule has 0 spiro atoms. The van der Waals surface area contributed by atoms with Crippen molar-refractivity contribution in [1.82, 2.24) is 10.2 Å². The van der Waals surface area contributed by atoms with Gasteiger partial charge in [0.2, 0.25) is 5.91 Å². The first-order valence-electron chi connectivity index (χ1n) is 8.01. The summed E-state index contributed by atoms with van der Waals surface area (Å²) in [6, 6.07) is 10.4. The fourth-order valence-corrected chi connectivity index (χ4v) is 2.80. The Balaban J connectivity index is 1.73. The molecule has 1 amide bonds. The minimum absolute atomic E-state index is 0.00927. The SMILES string of the molecule is CCCC[C@H](N)C(=O)NC1CCN(Cc2ccccc2)C1. The molecule has 0 bridgehead atoms. The average Bonchev–Trinajstić information content (AvgIpc) is 2.92. The molecule has 2 rings (SSSR count). The summed E-state index contributed by atoms with van der Waals surface area (Å²) in [7, 11) is 0. The van der Waals surface area contributed by atoms with Gasteiger partial charge in [-0.25, -0.2) is 0 Å². The van der Waals surface area contributed by atoms with Gasteiger partial charge in [0.05, 0.1) is 6.04 Å². The van der Waals surface area contributed by atoms with Gasteiger partial charge < -0.3 is 11.1 Å². The second-order valence-corrected chi connectivity index (χ2v) is 5.96. The Kier molecular flexibility index (Phi) is 6.21. The van der Waals surface area contributed by atoms with Crippen LogP contribution in [0.5, 0.6) is 0 Å². The molecule has 1 fully saturated rings. The highest BCUT2D eigenvalue weighted by molar-refractivity contribution is 5.81. The number of hydrogen-bond acceptors (Lipinski definition) is 3. The Morgan fingerprint density at radius 2 is 2.19 bits per heavy atom. The zero-order valence-corrected chi connectivity index (χ0v) is 12.9. The third-order valence-corrected chi connectivity index (χ3v) is 4.07. The van der Waals surface area contributed by atoms with Crippen molar-refractivity contribution in [2.45, 2.75) is 51.2 Å². The normalized spacial score (nSPS) is 20.4. The lowest BCUT2D eigenvalue weighted by molar-refractivity contribution is -0.123. The second-order valence-electron chi connectivity index (χ2n) is 5.96. The van der Waals surface area contributed by atoms with Gasteiger partial charge >= 0.3 is 0 Å². The number of benzene rings is 1. The summed E-state index contributed by atoms with van der Waals surface area (Å²) < 4.78 is 0. The standard InChI is InChI=1S/C17H27N3O/c1-2-3-9-16(18)17(21)19-15-10-11-20(13-15)12-14-7-5-4-6-8-14/h4-8,15-16H,2-3,9-13,18H2,1H3,(H,19,21)/t15?,16-/m0/s1. The molecule has 1 aliphatic rings. The number of nitrogens with one attached hydrogen (secondary N) is 1. The molecule has 21 heavy (non-hydrogen) atoms. The highest BCUT2D eigenvalue weighted by Crippen LogP contribution is 2.13. The van der Waals surface area contributed by atoms with Crippen LogP contribution in [0.15, 0.2) is 30.3 Å². The lowest BCUT2D eigenvalue weighted by Crippen LogP contribution is -2.46. The van der Waals surface area contributed by atoms with Crippen molar-refractivity contribution in [3.05, 3.63) is 35.9 Å². The Bertz CT molecular complexity index is 435. The Morgan fingerprint density at radius 1 is 1.43 bits per heavy atom. The van der Waals surface area contributed by atoms with Gasteiger partial charge in [0.1, 0.15) is 0 Å². The molecule has 1 aromatic rings. The molecule has 1 heterocycles. The highest BCUT2D eigenvalue weighted by atomic mass is 16.2. The van der Waals surface area contributed by atoms with Crippen molar-refractivity contribution >= 4 is 5.91 Å². The van der Waals surface area contributed by atoms with E-state index in [0.717, 1.165) is 45.3 Å². The van der Waals surface area contributed by atoms with Crippen molar-refractivity contribution in [2.24, 2.45) is 5.73 Å². The van der Waals surface area contributed by atoms with Crippen LogP contribution < -0.4 is 11.1 Å². The largest absolute Gasteiger partial charge is 0.351 e. The quantitative estimate of drug-likeness (QED) is 0.806. The number of rotatable bonds is 7. The van der Waals surface area contributed by atoms with Gasteiger partial charge in [0.15, 0.2) is 0 Å². The fourth-order valence-electron chi connectivity index (χ4n) is 2.80. The molecule has 4 heteroatoms. The van der Waals surface area contributed by atoms with Gasteiger partial charge in [-0.15, -0.1) is 0 Å². The van der Waals surface area contributed by atoms with Crippen LogP contribution in [-0.2, 0) is 11.3 Å². The minimum atomic E-state index is -0.354. The Hall–Kier alpha value is -1.39. The zero-order chi connectivity index (χ0) is 15.1. The summed E-state index contributed by atoms with van der Waals surface area (Å²) in [5, 5.41) is 3.10. The second kappa shape index (κ2) is 8.15. The number of likely N-dealkylation sites (tertiary alicyclic amines) is 1. The van der Waals surface area contributed by atoms with Gasteiger partial charge in [-0.2, -0.15) is 0 Å². The van der Waals surface area contributed by atoms with Crippen molar-refractivity contribution in [3.8, 4) is 0 Å². The predicted molar refractivity (Wildman–Crippen MR) is 85.8 cm³/mol. The molecular weight excluding hydrogens is 262 g/mol. The van der Waals surface area contributed by atoms with E-state index in [9.17, 15) is 4.79 Å². The van der Waals surface area contributed by atoms with Crippen molar-refractivity contribution < 1.29 is 4.79 Å². The van der Waals surface area contributed by atoms with Crippen LogP contribution in [0.3, 0.4) is 0 Å². The van der Waals surface area contributed by atoms with Crippen molar-refractivity contribution in [3.63, 3.8) is 0 Å². The maximum Gasteiger partial charge on any atom is 0.237 e. The summed E-state index contributed by atoms with van der Waals surface area (Å²) in [5.74, 6) is 0.00927. The summed E-state index contributed by atoms with van der Waals surface area (Å²) in [4.78, 5) is 14.4. The van der Waals surface area contributed by atoms with Crippen LogP contribution in [0.1, 0.15) is 38.2 Å². The Labute approximate surface area is 127 Å². The van der Waals surface area contributed by atoms with E-state index in [4.69, 9.17) is 5.73 Å². The zero-order valence-electron chi connectivity index (χ0n) is 12.9. The van der Waals surface area contributed by atoms with E-state index >= 15 is 0 Å². The summed E-state index contributed by atoms with van der Waals surface area (Å²) in [5.41, 5.74) is 7.24.